The molecule has 2 N–H and O–H groups in total. The lowest BCUT2D eigenvalue weighted by atomic mass is 10.2. The van der Waals surface area contributed by atoms with Crippen LogP contribution in [0.5, 0.6) is 0 Å². The van der Waals surface area contributed by atoms with Crippen molar-refractivity contribution in [1.82, 2.24) is 9.78 Å². The molecular weight excluding hydrogens is 363 g/mol. The molecular formula is C17H14Cl2N4S. The molecule has 0 aliphatic carbocycles. The van der Waals surface area contributed by atoms with Crippen molar-refractivity contribution in [1.29, 1.82) is 0 Å². The van der Waals surface area contributed by atoms with E-state index in [2.05, 4.69) is 15.7 Å². The normalized spacial score (nSPS) is 10.4. The van der Waals surface area contributed by atoms with Crippen LogP contribution in [0.15, 0.2) is 60.9 Å². The minimum Gasteiger partial charge on any atom is -0.332 e. The number of aromatic nitrogens is 2. The summed E-state index contributed by atoms with van der Waals surface area (Å²) in [5, 5.41) is 12.3. The molecule has 0 fully saturated rings. The van der Waals surface area contributed by atoms with E-state index in [1.165, 1.54) is 0 Å². The third kappa shape index (κ3) is 4.71. The van der Waals surface area contributed by atoms with Gasteiger partial charge in [0.15, 0.2) is 5.11 Å². The quantitative estimate of drug-likeness (QED) is 0.625. The summed E-state index contributed by atoms with van der Waals surface area (Å²) < 4.78 is 1.83. The first-order chi connectivity index (χ1) is 11.6. The molecule has 0 saturated carbocycles. The molecule has 7 heteroatoms. The first-order valence-corrected chi connectivity index (χ1v) is 8.35. The average molecular weight is 377 g/mol. The second-order valence-corrected chi connectivity index (χ2v) is 6.42. The molecule has 122 valence electrons. The van der Waals surface area contributed by atoms with Crippen LogP contribution in [0.1, 0.15) is 5.56 Å². The lowest BCUT2D eigenvalue weighted by molar-refractivity contribution is 0.687. The van der Waals surface area contributed by atoms with Crippen LogP contribution < -0.4 is 10.6 Å². The number of halogens is 2. The zero-order chi connectivity index (χ0) is 16.9. The maximum absolute atomic E-state index is 5.95. The largest absolute Gasteiger partial charge is 0.332 e. The second-order valence-electron chi connectivity index (χ2n) is 5.14. The predicted octanol–water partition coefficient (Wildman–Crippen LogP) is 5.05. The van der Waals surface area contributed by atoms with Crippen LogP contribution in [0.25, 0.3) is 0 Å². The number of nitrogens with one attached hydrogen (secondary N) is 2. The van der Waals surface area contributed by atoms with Gasteiger partial charge in [-0.15, -0.1) is 0 Å². The van der Waals surface area contributed by atoms with Gasteiger partial charge in [0.1, 0.15) is 0 Å². The molecule has 0 atom stereocenters. The number of hydrogen-bond donors (Lipinski definition) is 2. The van der Waals surface area contributed by atoms with E-state index in [4.69, 9.17) is 35.4 Å². The summed E-state index contributed by atoms with van der Waals surface area (Å²) in [6.07, 6.45) is 3.61. The van der Waals surface area contributed by atoms with Crippen LogP contribution in [0.3, 0.4) is 0 Å². The molecule has 0 spiro atoms. The Hall–Kier alpha value is -2.08. The van der Waals surface area contributed by atoms with Gasteiger partial charge < -0.3 is 10.6 Å². The Morgan fingerprint density at radius 1 is 1.00 bits per heavy atom. The minimum atomic E-state index is 0.475. The zero-order valence-corrected chi connectivity index (χ0v) is 14.9. The molecule has 4 nitrogen and oxygen atoms in total. The van der Waals surface area contributed by atoms with Crippen LogP contribution in [0.2, 0.25) is 10.0 Å². The minimum absolute atomic E-state index is 0.475. The molecule has 0 radical (unpaired) electrons. The lowest BCUT2D eigenvalue weighted by Crippen LogP contribution is -2.18. The van der Waals surface area contributed by atoms with Gasteiger partial charge in [0.25, 0.3) is 0 Å². The van der Waals surface area contributed by atoms with Crippen molar-refractivity contribution in [2.45, 2.75) is 6.54 Å². The molecule has 2 aromatic carbocycles. The molecule has 3 rings (SSSR count). The topological polar surface area (TPSA) is 41.9 Å². The van der Waals surface area contributed by atoms with Crippen molar-refractivity contribution in [2.75, 3.05) is 10.6 Å². The van der Waals surface area contributed by atoms with Gasteiger partial charge in [-0.3, -0.25) is 4.68 Å². The SMILES string of the molecule is S=C(Nc1cccc(Cl)c1)Nc1cnn(Cc2ccc(Cl)cc2)c1. The summed E-state index contributed by atoms with van der Waals surface area (Å²) in [6, 6.07) is 15.0. The molecule has 0 bridgehead atoms. The van der Waals surface area contributed by atoms with Crippen molar-refractivity contribution in [2.24, 2.45) is 0 Å². The third-order valence-electron chi connectivity index (χ3n) is 3.23. The first-order valence-electron chi connectivity index (χ1n) is 7.19. The highest BCUT2D eigenvalue weighted by Gasteiger charge is 2.03. The predicted molar refractivity (Wildman–Crippen MR) is 104 cm³/mol. The van der Waals surface area contributed by atoms with Crippen LogP contribution in [-0.4, -0.2) is 14.9 Å². The van der Waals surface area contributed by atoms with Gasteiger partial charge in [0, 0.05) is 21.9 Å². The average Bonchev–Trinajstić information content (AvgIpc) is 2.96. The van der Waals surface area contributed by atoms with Crippen molar-refractivity contribution < 1.29 is 0 Å². The fraction of sp³-hybridized carbons (Fsp3) is 0.0588. The van der Waals surface area contributed by atoms with Crippen molar-refractivity contribution in [3.05, 3.63) is 76.5 Å². The molecule has 3 aromatic rings. The highest BCUT2D eigenvalue weighted by Crippen LogP contribution is 2.16. The zero-order valence-electron chi connectivity index (χ0n) is 12.5. The number of hydrogen-bond acceptors (Lipinski definition) is 2. The molecule has 0 unspecified atom stereocenters. The standard InChI is InChI=1S/C17H14Cl2N4S/c18-13-6-4-12(5-7-13)10-23-11-16(9-20-23)22-17(24)21-15-3-1-2-14(19)8-15/h1-9,11H,10H2,(H2,21,22,24). The molecule has 0 amide bonds. The summed E-state index contributed by atoms with van der Waals surface area (Å²) >= 11 is 17.1. The second kappa shape index (κ2) is 7.66. The Morgan fingerprint density at radius 2 is 1.75 bits per heavy atom. The van der Waals surface area contributed by atoms with Crippen molar-refractivity contribution in [3.63, 3.8) is 0 Å². The summed E-state index contributed by atoms with van der Waals surface area (Å²) in [4.78, 5) is 0. The van der Waals surface area contributed by atoms with E-state index in [0.717, 1.165) is 22.0 Å². The highest BCUT2D eigenvalue weighted by molar-refractivity contribution is 7.80. The number of rotatable bonds is 4. The first kappa shape index (κ1) is 16.8. The van der Waals surface area contributed by atoms with Crippen LogP contribution >= 0.6 is 35.4 Å². The number of benzene rings is 2. The van der Waals surface area contributed by atoms with Gasteiger partial charge in [-0.2, -0.15) is 5.10 Å². The van der Waals surface area contributed by atoms with Crippen LogP contribution in [-0.2, 0) is 6.54 Å². The van der Waals surface area contributed by atoms with Gasteiger partial charge in [-0.25, -0.2) is 0 Å². The highest BCUT2D eigenvalue weighted by atomic mass is 35.5. The van der Waals surface area contributed by atoms with E-state index in [-0.39, 0.29) is 0 Å². The molecule has 24 heavy (non-hydrogen) atoms. The lowest BCUT2D eigenvalue weighted by Gasteiger charge is -2.09. The Bertz CT molecular complexity index is 846. The van der Waals surface area contributed by atoms with E-state index < -0.39 is 0 Å². The van der Waals surface area contributed by atoms with Crippen LogP contribution in [0.4, 0.5) is 11.4 Å². The Kier molecular flexibility index (Phi) is 5.35. The third-order valence-corrected chi connectivity index (χ3v) is 3.92. The van der Waals surface area contributed by atoms with E-state index in [1.54, 1.807) is 12.3 Å². The van der Waals surface area contributed by atoms with E-state index >= 15 is 0 Å². The summed E-state index contributed by atoms with van der Waals surface area (Å²) in [5.41, 5.74) is 2.76. The Labute approximate surface area is 155 Å². The summed E-state index contributed by atoms with van der Waals surface area (Å²) in [5.74, 6) is 0. The molecule has 1 heterocycles. The monoisotopic (exact) mass is 376 g/mol. The molecule has 1 aromatic heterocycles. The van der Waals surface area contributed by atoms with E-state index in [1.807, 2.05) is 53.3 Å². The smallest absolute Gasteiger partial charge is 0.175 e. The maximum atomic E-state index is 5.95. The van der Waals surface area contributed by atoms with Gasteiger partial charge in [0.05, 0.1) is 18.4 Å². The summed E-state index contributed by atoms with van der Waals surface area (Å²) in [7, 11) is 0. The van der Waals surface area contributed by atoms with Gasteiger partial charge in [0.2, 0.25) is 0 Å². The van der Waals surface area contributed by atoms with Crippen molar-refractivity contribution >= 4 is 51.9 Å². The number of nitrogens with zero attached hydrogens (tertiary/aromatic N) is 2. The van der Waals surface area contributed by atoms with Gasteiger partial charge in [-0.1, -0.05) is 41.4 Å². The molecule has 0 saturated heterocycles. The molecule has 0 aliphatic rings. The Balaban J connectivity index is 1.59. The number of thiocarbonyl (C=S) groups is 1. The maximum Gasteiger partial charge on any atom is 0.175 e. The van der Waals surface area contributed by atoms with Gasteiger partial charge >= 0.3 is 0 Å². The van der Waals surface area contributed by atoms with E-state index in [9.17, 15) is 0 Å². The van der Waals surface area contributed by atoms with Crippen molar-refractivity contribution in [3.8, 4) is 0 Å². The Morgan fingerprint density at radius 3 is 2.50 bits per heavy atom. The molecule has 0 aliphatic heterocycles. The fourth-order valence-electron chi connectivity index (χ4n) is 2.15. The number of anilines is 2. The summed E-state index contributed by atoms with van der Waals surface area (Å²) in [6.45, 7) is 0.660. The van der Waals surface area contributed by atoms with Gasteiger partial charge in [-0.05, 0) is 48.1 Å². The van der Waals surface area contributed by atoms with E-state index in [0.29, 0.717) is 16.7 Å². The van der Waals surface area contributed by atoms with Crippen LogP contribution in [0, 0.1) is 0 Å². The fourth-order valence-corrected chi connectivity index (χ4v) is 2.70.